The van der Waals surface area contributed by atoms with E-state index in [0.29, 0.717) is 12.6 Å². The van der Waals surface area contributed by atoms with Crippen molar-refractivity contribution >= 4 is 5.91 Å². The van der Waals surface area contributed by atoms with Crippen LogP contribution in [0.15, 0.2) is 12.1 Å². The Bertz CT molecular complexity index is 473. The van der Waals surface area contributed by atoms with Crippen molar-refractivity contribution in [2.75, 3.05) is 13.1 Å². The van der Waals surface area contributed by atoms with Crippen LogP contribution in [-0.2, 0) is 0 Å². The average molecular weight is 268 g/mol. The number of benzene rings is 1. The van der Waals surface area contributed by atoms with Gasteiger partial charge < -0.3 is 10.6 Å². The first-order valence-corrected chi connectivity index (χ1v) is 6.55. The van der Waals surface area contributed by atoms with Gasteiger partial charge in [-0.25, -0.2) is 8.78 Å². The minimum atomic E-state index is -0.822. The van der Waals surface area contributed by atoms with Gasteiger partial charge in [0.15, 0.2) is 0 Å². The Morgan fingerprint density at radius 3 is 2.68 bits per heavy atom. The minimum absolute atomic E-state index is 0.103. The monoisotopic (exact) mass is 268 g/mol. The first-order chi connectivity index (χ1) is 9.08. The van der Waals surface area contributed by atoms with E-state index < -0.39 is 17.5 Å². The SMILES string of the molecule is Cc1cc(C(=O)NCCCNC2CC2)c(F)cc1F. The van der Waals surface area contributed by atoms with Gasteiger partial charge in [0, 0.05) is 18.7 Å². The Balaban J connectivity index is 1.79. The summed E-state index contributed by atoms with van der Waals surface area (Å²) in [7, 11) is 0. The molecule has 0 aliphatic heterocycles. The summed E-state index contributed by atoms with van der Waals surface area (Å²) in [6, 6.07) is 2.63. The number of rotatable bonds is 6. The maximum atomic E-state index is 13.5. The number of aryl methyl sites for hydroxylation is 1. The molecular weight excluding hydrogens is 250 g/mol. The van der Waals surface area contributed by atoms with E-state index in [9.17, 15) is 13.6 Å². The van der Waals surface area contributed by atoms with Gasteiger partial charge in [0.2, 0.25) is 0 Å². The van der Waals surface area contributed by atoms with Crippen molar-refractivity contribution < 1.29 is 13.6 Å². The molecule has 0 saturated heterocycles. The van der Waals surface area contributed by atoms with Crippen molar-refractivity contribution in [2.45, 2.75) is 32.2 Å². The molecule has 0 bridgehead atoms. The third kappa shape index (κ3) is 3.99. The number of carbonyl (C=O) groups excluding carboxylic acids is 1. The molecular formula is C14H18F2N2O. The van der Waals surface area contributed by atoms with Gasteiger partial charge in [-0.05, 0) is 44.4 Å². The third-order valence-electron chi connectivity index (χ3n) is 3.14. The molecule has 3 nitrogen and oxygen atoms in total. The molecule has 1 aliphatic rings. The quantitative estimate of drug-likeness (QED) is 0.776. The van der Waals surface area contributed by atoms with Crippen LogP contribution in [0.25, 0.3) is 0 Å². The van der Waals surface area contributed by atoms with Crippen molar-refractivity contribution in [3.8, 4) is 0 Å². The summed E-state index contributed by atoms with van der Waals surface area (Å²) in [6.07, 6.45) is 3.25. The summed E-state index contributed by atoms with van der Waals surface area (Å²) in [4.78, 5) is 11.7. The first-order valence-electron chi connectivity index (χ1n) is 6.55. The van der Waals surface area contributed by atoms with Crippen molar-refractivity contribution in [2.24, 2.45) is 0 Å². The second-order valence-corrected chi connectivity index (χ2v) is 4.92. The Labute approximate surface area is 111 Å². The molecule has 1 aliphatic carbocycles. The van der Waals surface area contributed by atoms with Crippen LogP contribution in [0.2, 0.25) is 0 Å². The highest BCUT2D eigenvalue weighted by atomic mass is 19.1. The number of nitrogens with one attached hydrogen (secondary N) is 2. The highest BCUT2D eigenvalue weighted by molar-refractivity contribution is 5.94. The Hall–Kier alpha value is -1.49. The third-order valence-corrected chi connectivity index (χ3v) is 3.14. The van der Waals surface area contributed by atoms with Gasteiger partial charge in [-0.1, -0.05) is 0 Å². The fraction of sp³-hybridized carbons (Fsp3) is 0.500. The Morgan fingerprint density at radius 2 is 2.00 bits per heavy atom. The number of halogens is 2. The molecule has 5 heteroatoms. The van der Waals surface area contributed by atoms with Crippen molar-refractivity contribution in [1.29, 1.82) is 0 Å². The number of hydrogen-bond donors (Lipinski definition) is 2. The molecule has 0 aromatic heterocycles. The van der Waals surface area contributed by atoms with Gasteiger partial charge in [0.1, 0.15) is 11.6 Å². The lowest BCUT2D eigenvalue weighted by Gasteiger charge is -2.08. The fourth-order valence-corrected chi connectivity index (χ4v) is 1.81. The highest BCUT2D eigenvalue weighted by Crippen LogP contribution is 2.18. The van der Waals surface area contributed by atoms with Crippen LogP contribution in [-0.4, -0.2) is 25.0 Å². The van der Waals surface area contributed by atoms with Crippen LogP contribution in [0.1, 0.15) is 35.2 Å². The van der Waals surface area contributed by atoms with E-state index in [2.05, 4.69) is 10.6 Å². The summed E-state index contributed by atoms with van der Waals surface area (Å²) >= 11 is 0. The summed E-state index contributed by atoms with van der Waals surface area (Å²) in [5.74, 6) is -1.95. The van der Waals surface area contributed by atoms with E-state index in [1.165, 1.54) is 25.8 Å². The van der Waals surface area contributed by atoms with Gasteiger partial charge >= 0.3 is 0 Å². The van der Waals surface area contributed by atoms with Crippen molar-refractivity contribution in [1.82, 2.24) is 10.6 Å². The lowest BCUT2D eigenvalue weighted by molar-refractivity contribution is 0.0949. The predicted molar refractivity (Wildman–Crippen MR) is 69.1 cm³/mol. The molecule has 0 heterocycles. The first kappa shape index (κ1) is 13.9. The number of carbonyl (C=O) groups is 1. The van der Waals surface area contributed by atoms with E-state index >= 15 is 0 Å². The van der Waals surface area contributed by atoms with E-state index in [1.807, 2.05) is 0 Å². The molecule has 104 valence electrons. The molecule has 1 saturated carbocycles. The zero-order valence-corrected chi connectivity index (χ0v) is 10.9. The molecule has 0 radical (unpaired) electrons. The molecule has 0 atom stereocenters. The molecule has 1 aromatic rings. The van der Waals surface area contributed by atoms with Crippen LogP contribution in [0, 0.1) is 18.6 Å². The average Bonchev–Trinajstić information content (AvgIpc) is 3.17. The minimum Gasteiger partial charge on any atom is -0.352 e. The molecule has 0 unspecified atom stereocenters. The normalized spacial score (nSPS) is 14.5. The van der Waals surface area contributed by atoms with Gasteiger partial charge in [0.05, 0.1) is 5.56 Å². The predicted octanol–water partition coefficient (Wildman–Crippen LogP) is 2.15. The second-order valence-electron chi connectivity index (χ2n) is 4.92. The van der Waals surface area contributed by atoms with E-state index in [4.69, 9.17) is 0 Å². The van der Waals surface area contributed by atoms with Crippen molar-refractivity contribution in [3.05, 3.63) is 34.9 Å². The van der Waals surface area contributed by atoms with Crippen LogP contribution < -0.4 is 10.6 Å². The topological polar surface area (TPSA) is 41.1 Å². The van der Waals surface area contributed by atoms with E-state index in [0.717, 1.165) is 19.0 Å². The molecule has 2 N–H and O–H groups in total. The molecule has 1 amide bonds. The van der Waals surface area contributed by atoms with Crippen LogP contribution in [0.5, 0.6) is 0 Å². The Kier molecular flexibility index (Phi) is 4.47. The summed E-state index contributed by atoms with van der Waals surface area (Å²) in [6.45, 7) is 2.83. The summed E-state index contributed by atoms with van der Waals surface area (Å²) < 4.78 is 26.5. The van der Waals surface area contributed by atoms with E-state index in [-0.39, 0.29) is 11.1 Å². The molecule has 1 fully saturated rings. The maximum Gasteiger partial charge on any atom is 0.254 e. The molecule has 1 aromatic carbocycles. The van der Waals surface area contributed by atoms with Crippen molar-refractivity contribution in [3.63, 3.8) is 0 Å². The fourth-order valence-electron chi connectivity index (χ4n) is 1.81. The van der Waals surface area contributed by atoms with Crippen LogP contribution in [0.4, 0.5) is 8.78 Å². The van der Waals surface area contributed by atoms with Gasteiger partial charge in [-0.2, -0.15) is 0 Å². The lowest BCUT2D eigenvalue weighted by atomic mass is 10.1. The summed E-state index contributed by atoms with van der Waals surface area (Å²) in [5.41, 5.74) is 0.163. The highest BCUT2D eigenvalue weighted by Gasteiger charge is 2.19. The molecule has 19 heavy (non-hydrogen) atoms. The number of amides is 1. The van der Waals surface area contributed by atoms with Gasteiger partial charge in [0.25, 0.3) is 5.91 Å². The summed E-state index contributed by atoms with van der Waals surface area (Å²) in [5, 5.41) is 5.96. The molecule has 2 rings (SSSR count). The zero-order chi connectivity index (χ0) is 13.8. The second kappa shape index (κ2) is 6.10. The number of hydrogen-bond acceptors (Lipinski definition) is 2. The lowest BCUT2D eigenvalue weighted by Crippen LogP contribution is -2.28. The van der Waals surface area contributed by atoms with E-state index in [1.54, 1.807) is 0 Å². The smallest absolute Gasteiger partial charge is 0.254 e. The van der Waals surface area contributed by atoms with Gasteiger partial charge in [-0.3, -0.25) is 4.79 Å². The van der Waals surface area contributed by atoms with Gasteiger partial charge in [-0.15, -0.1) is 0 Å². The Morgan fingerprint density at radius 1 is 1.26 bits per heavy atom. The largest absolute Gasteiger partial charge is 0.352 e. The maximum absolute atomic E-state index is 13.5. The van der Waals surface area contributed by atoms with Crippen LogP contribution >= 0.6 is 0 Å². The van der Waals surface area contributed by atoms with Crippen LogP contribution in [0.3, 0.4) is 0 Å². The molecule has 0 spiro atoms. The standard InChI is InChI=1S/C14H18F2N2O/c1-9-7-11(13(16)8-12(9)15)14(19)18-6-2-5-17-10-3-4-10/h7-8,10,17H,2-6H2,1H3,(H,18,19). The zero-order valence-electron chi connectivity index (χ0n) is 10.9.